The summed E-state index contributed by atoms with van der Waals surface area (Å²) >= 11 is 0. The molecule has 0 heterocycles. The highest BCUT2D eigenvalue weighted by Crippen LogP contribution is 2.72. The Labute approximate surface area is 286 Å². The van der Waals surface area contributed by atoms with Gasteiger partial charge in [-0.3, -0.25) is 9.59 Å². The van der Waals surface area contributed by atoms with Crippen LogP contribution in [0.15, 0.2) is 24.3 Å². The van der Waals surface area contributed by atoms with Crippen LogP contribution >= 0.6 is 0 Å². The van der Waals surface area contributed by atoms with Crippen molar-refractivity contribution in [3.63, 3.8) is 0 Å². The van der Waals surface area contributed by atoms with E-state index >= 15 is 0 Å². The van der Waals surface area contributed by atoms with Crippen LogP contribution in [0.5, 0.6) is 5.75 Å². The molecule has 0 aromatic heterocycles. The molecule has 47 heavy (non-hydrogen) atoms. The standard InChI is InChI=1S/C42H66O5/c1-29-12-9-14-32-33-15-11-24-42(33,23-10-13-30-17-19-31(46-8)20-18-30)27-26-40(32,6)41(7)25-22-35(39(4,5)34(41)21-16-29)47-36(43)28-38(2,3)37(44)45/h17-20,29,32-35H,9-16,21-28H2,1-8H3,(H,44,45)/t29?,32?,33?,34?,35?,40-,41?,42?/m1/s1. The molecule has 5 heteroatoms. The number of esters is 1. The van der Waals surface area contributed by atoms with Gasteiger partial charge in [0.1, 0.15) is 11.9 Å². The summed E-state index contributed by atoms with van der Waals surface area (Å²) in [6.07, 6.45) is 18.7. The van der Waals surface area contributed by atoms with E-state index in [0.29, 0.717) is 17.3 Å². The zero-order chi connectivity index (χ0) is 34.3. The van der Waals surface area contributed by atoms with Crippen LogP contribution in [0, 0.1) is 50.7 Å². The first kappa shape index (κ1) is 36.2. The molecule has 8 atom stereocenters. The van der Waals surface area contributed by atoms with Crippen molar-refractivity contribution in [1.29, 1.82) is 0 Å². The van der Waals surface area contributed by atoms with Crippen molar-refractivity contribution in [2.24, 2.45) is 50.7 Å². The lowest BCUT2D eigenvalue weighted by Gasteiger charge is -2.67. The molecular formula is C42H66O5. The number of aryl methyl sites for hydroxylation is 1. The molecule has 4 saturated carbocycles. The average Bonchev–Trinajstić information content (AvgIpc) is 3.43. The molecule has 0 saturated heterocycles. The summed E-state index contributed by atoms with van der Waals surface area (Å²) in [5, 5.41) is 9.65. The number of rotatable bonds is 9. The summed E-state index contributed by atoms with van der Waals surface area (Å²) < 4.78 is 11.7. The van der Waals surface area contributed by atoms with Gasteiger partial charge in [0, 0.05) is 5.41 Å². The molecule has 0 aliphatic heterocycles. The molecule has 4 aliphatic rings. The van der Waals surface area contributed by atoms with E-state index in [1.807, 2.05) is 0 Å². The Kier molecular flexibility index (Phi) is 10.6. The van der Waals surface area contributed by atoms with Crippen LogP contribution in [-0.2, 0) is 20.7 Å². The number of carboxylic acids is 1. The summed E-state index contributed by atoms with van der Waals surface area (Å²) in [4.78, 5) is 25.0. The minimum absolute atomic E-state index is 0.0874. The number of methoxy groups -OCH3 is 1. The van der Waals surface area contributed by atoms with Gasteiger partial charge < -0.3 is 14.6 Å². The summed E-state index contributed by atoms with van der Waals surface area (Å²) in [6.45, 7) is 15.8. The number of ether oxygens (including phenoxy) is 2. The Morgan fingerprint density at radius 1 is 0.851 bits per heavy atom. The third kappa shape index (κ3) is 6.89. The Hall–Kier alpha value is -2.04. The van der Waals surface area contributed by atoms with Crippen molar-refractivity contribution >= 4 is 11.9 Å². The lowest BCUT2D eigenvalue weighted by atomic mass is 9.38. The van der Waals surface area contributed by atoms with Crippen LogP contribution in [0.25, 0.3) is 0 Å². The van der Waals surface area contributed by atoms with E-state index in [-0.39, 0.29) is 34.7 Å². The predicted octanol–water partition coefficient (Wildman–Crippen LogP) is 10.7. The van der Waals surface area contributed by atoms with Crippen LogP contribution in [0.1, 0.15) is 150 Å². The largest absolute Gasteiger partial charge is 0.497 e. The second kappa shape index (κ2) is 13.7. The number of hydrogen-bond acceptors (Lipinski definition) is 4. The van der Waals surface area contributed by atoms with Crippen molar-refractivity contribution in [3.8, 4) is 5.75 Å². The highest BCUT2D eigenvalue weighted by atomic mass is 16.5. The quantitative estimate of drug-likeness (QED) is 0.269. The van der Waals surface area contributed by atoms with E-state index in [1.165, 1.54) is 82.6 Å². The molecule has 1 N–H and O–H groups in total. The Balaban J connectivity index is 1.39. The van der Waals surface area contributed by atoms with Crippen LogP contribution in [-0.4, -0.2) is 30.3 Å². The van der Waals surface area contributed by atoms with Crippen LogP contribution in [0.2, 0.25) is 0 Å². The van der Waals surface area contributed by atoms with Gasteiger partial charge in [-0.1, -0.05) is 72.4 Å². The average molecular weight is 651 g/mol. The van der Waals surface area contributed by atoms with Gasteiger partial charge >= 0.3 is 11.9 Å². The number of fused-ring (bicyclic) bond motifs is 5. The highest BCUT2D eigenvalue weighted by Gasteiger charge is 2.65. The minimum atomic E-state index is -1.12. The van der Waals surface area contributed by atoms with E-state index in [4.69, 9.17) is 9.47 Å². The van der Waals surface area contributed by atoms with Crippen LogP contribution in [0.3, 0.4) is 0 Å². The Morgan fingerprint density at radius 3 is 2.23 bits per heavy atom. The smallest absolute Gasteiger partial charge is 0.309 e. The molecular weight excluding hydrogens is 584 g/mol. The van der Waals surface area contributed by atoms with Gasteiger partial charge in [-0.05, 0) is 142 Å². The first-order valence-corrected chi connectivity index (χ1v) is 19.1. The number of carboxylic acid groups (broad SMARTS) is 1. The first-order chi connectivity index (χ1) is 22.1. The highest BCUT2D eigenvalue weighted by molar-refractivity contribution is 5.81. The van der Waals surface area contributed by atoms with E-state index in [9.17, 15) is 14.7 Å². The normalized spacial score (nSPS) is 37.1. The maximum Gasteiger partial charge on any atom is 0.309 e. The number of aliphatic carboxylic acids is 1. The van der Waals surface area contributed by atoms with Gasteiger partial charge in [-0.25, -0.2) is 0 Å². The molecule has 0 radical (unpaired) electrons. The fourth-order valence-electron chi connectivity index (χ4n) is 11.9. The monoisotopic (exact) mass is 650 g/mol. The number of hydrogen-bond donors (Lipinski definition) is 1. The second-order valence-electron chi connectivity index (χ2n) is 18.4. The van der Waals surface area contributed by atoms with Crippen molar-refractivity contribution in [3.05, 3.63) is 29.8 Å². The first-order valence-electron chi connectivity index (χ1n) is 19.1. The second-order valence-corrected chi connectivity index (χ2v) is 18.4. The van der Waals surface area contributed by atoms with Gasteiger partial charge in [-0.15, -0.1) is 0 Å². The summed E-state index contributed by atoms with van der Waals surface area (Å²) in [7, 11) is 1.74. The Morgan fingerprint density at radius 2 is 1.55 bits per heavy atom. The molecule has 0 spiro atoms. The van der Waals surface area contributed by atoms with E-state index in [1.54, 1.807) is 21.0 Å². The molecule has 0 bridgehead atoms. The molecule has 5 nitrogen and oxygen atoms in total. The van der Waals surface area contributed by atoms with Crippen molar-refractivity contribution < 1.29 is 24.2 Å². The molecule has 4 aliphatic carbocycles. The SMILES string of the molecule is COc1ccc(CCCC23CCCC2C2CCCC(C)CCC4C(C)(C)C(OC(=O)CC(C)(C)C(=O)O)CCC4(C)[C@]2(C)CC3)cc1. The number of benzene rings is 1. The zero-order valence-electron chi connectivity index (χ0n) is 31.1. The number of carbonyl (C=O) groups excluding carboxylic acids is 1. The zero-order valence-corrected chi connectivity index (χ0v) is 31.1. The Bertz CT molecular complexity index is 1250. The van der Waals surface area contributed by atoms with Gasteiger partial charge in [0.2, 0.25) is 0 Å². The summed E-state index contributed by atoms with van der Waals surface area (Å²) in [6, 6.07) is 8.69. The minimum Gasteiger partial charge on any atom is -0.497 e. The van der Waals surface area contributed by atoms with Gasteiger partial charge in [0.25, 0.3) is 0 Å². The molecule has 4 fully saturated rings. The maximum atomic E-state index is 13.2. The molecule has 7 unspecified atom stereocenters. The van der Waals surface area contributed by atoms with Crippen molar-refractivity contribution in [2.45, 2.75) is 157 Å². The topological polar surface area (TPSA) is 72.8 Å². The van der Waals surface area contributed by atoms with Crippen LogP contribution in [0.4, 0.5) is 0 Å². The van der Waals surface area contributed by atoms with E-state index in [2.05, 4.69) is 58.9 Å². The fraction of sp³-hybridized carbons (Fsp3) is 0.810. The van der Waals surface area contributed by atoms with Crippen molar-refractivity contribution in [2.75, 3.05) is 7.11 Å². The van der Waals surface area contributed by atoms with E-state index in [0.717, 1.165) is 36.8 Å². The molecule has 5 rings (SSSR count). The van der Waals surface area contributed by atoms with E-state index < -0.39 is 11.4 Å². The summed E-state index contributed by atoms with van der Waals surface area (Å²) in [5.41, 5.74) is 1.03. The fourth-order valence-corrected chi connectivity index (χ4v) is 11.9. The lowest BCUT2D eigenvalue weighted by molar-refractivity contribution is -0.210. The molecule has 0 amide bonds. The number of carbonyl (C=O) groups is 2. The maximum absolute atomic E-state index is 13.2. The van der Waals surface area contributed by atoms with Gasteiger partial charge in [0.15, 0.2) is 0 Å². The van der Waals surface area contributed by atoms with Gasteiger partial charge in [0.05, 0.1) is 18.9 Å². The lowest BCUT2D eigenvalue weighted by Crippen LogP contribution is -2.61. The van der Waals surface area contributed by atoms with Crippen molar-refractivity contribution in [1.82, 2.24) is 0 Å². The molecule has 264 valence electrons. The third-order valence-electron chi connectivity index (χ3n) is 15.0. The predicted molar refractivity (Wildman–Crippen MR) is 189 cm³/mol. The van der Waals surface area contributed by atoms with Crippen LogP contribution < -0.4 is 4.74 Å². The third-order valence-corrected chi connectivity index (χ3v) is 15.0. The summed E-state index contributed by atoms with van der Waals surface area (Å²) in [5.74, 6) is 2.33. The molecule has 1 aromatic rings. The van der Waals surface area contributed by atoms with Gasteiger partial charge in [-0.2, -0.15) is 0 Å². The molecule has 1 aromatic carbocycles.